The summed E-state index contributed by atoms with van der Waals surface area (Å²) in [5.41, 5.74) is 3.64. The summed E-state index contributed by atoms with van der Waals surface area (Å²) in [6.07, 6.45) is 0.710. The number of rotatable bonds is 10. The zero-order chi connectivity index (χ0) is 25.5. The van der Waals surface area contributed by atoms with Gasteiger partial charge in [-0.25, -0.2) is 0 Å². The van der Waals surface area contributed by atoms with Crippen LogP contribution in [-0.4, -0.2) is 46.0 Å². The fourth-order valence-electron chi connectivity index (χ4n) is 3.28. The van der Waals surface area contributed by atoms with Crippen LogP contribution in [0.25, 0.3) is 0 Å². The fourth-order valence-corrected chi connectivity index (χ4v) is 4.11. The van der Waals surface area contributed by atoms with Crippen molar-refractivity contribution in [1.29, 1.82) is 0 Å². The highest BCUT2D eigenvalue weighted by atomic mass is 32.2. The van der Waals surface area contributed by atoms with Crippen LogP contribution < -0.4 is 20.1 Å². The molecule has 1 unspecified atom stereocenters. The predicted octanol–water partition coefficient (Wildman–Crippen LogP) is 4.14. The number of methoxy groups -OCH3 is 2. The van der Waals surface area contributed by atoms with Crippen LogP contribution in [0.4, 0.5) is 11.4 Å². The number of carbonyl (C=O) groups is 2. The molecule has 1 atom stereocenters. The normalized spacial score (nSPS) is 11.6. The lowest BCUT2D eigenvalue weighted by atomic mass is 10.1. The van der Waals surface area contributed by atoms with E-state index in [2.05, 4.69) is 20.8 Å². The van der Waals surface area contributed by atoms with E-state index in [1.54, 1.807) is 32.2 Å². The molecular weight excluding hydrogens is 466 g/mol. The first-order valence-electron chi connectivity index (χ1n) is 11.2. The second-order valence-corrected chi connectivity index (χ2v) is 9.43. The number of hydrogen-bond acceptors (Lipinski definition) is 7. The summed E-state index contributed by atoms with van der Waals surface area (Å²) in [6.45, 7) is 5.84. The van der Waals surface area contributed by atoms with E-state index in [-0.39, 0.29) is 18.2 Å². The molecule has 10 heteroatoms. The SMILES string of the molecule is COc1ccc(NC(=O)C(C)Sc2nnc(CCC(=O)Nc3ccc(C)c(C)c3)n2C)c(OC)c1. The number of nitrogens with one attached hydrogen (secondary N) is 2. The second kappa shape index (κ2) is 11.7. The molecule has 0 aliphatic rings. The number of amides is 2. The Morgan fingerprint density at radius 3 is 2.49 bits per heavy atom. The molecule has 0 saturated carbocycles. The van der Waals surface area contributed by atoms with Gasteiger partial charge in [0.25, 0.3) is 0 Å². The minimum Gasteiger partial charge on any atom is -0.497 e. The van der Waals surface area contributed by atoms with E-state index < -0.39 is 5.25 Å². The molecule has 2 aromatic carbocycles. The molecule has 9 nitrogen and oxygen atoms in total. The molecular formula is C25H31N5O4S. The Bertz CT molecular complexity index is 1210. The van der Waals surface area contributed by atoms with Gasteiger partial charge in [0, 0.05) is 31.6 Å². The molecule has 2 N–H and O–H groups in total. The van der Waals surface area contributed by atoms with Gasteiger partial charge in [-0.3, -0.25) is 9.59 Å². The van der Waals surface area contributed by atoms with Crippen molar-refractivity contribution in [2.75, 3.05) is 24.9 Å². The molecule has 0 aliphatic carbocycles. The zero-order valence-corrected chi connectivity index (χ0v) is 21.7. The molecule has 186 valence electrons. The Morgan fingerprint density at radius 1 is 1.03 bits per heavy atom. The minimum atomic E-state index is -0.439. The van der Waals surface area contributed by atoms with E-state index in [0.717, 1.165) is 11.3 Å². The molecule has 1 aromatic heterocycles. The Hall–Kier alpha value is -3.53. The van der Waals surface area contributed by atoms with E-state index >= 15 is 0 Å². The van der Waals surface area contributed by atoms with Crippen LogP contribution in [0.15, 0.2) is 41.6 Å². The average Bonchev–Trinajstić information content (AvgIpc) is 3.19. The van der Waals surface area contributed by atoms with E-state index in [0.29, 0.717) is 34.6 Å². The third-order valence-corrected chi connectivity index (χ3v) is 6.74. The molecule has 35 heavy (non-hydrogen) atoms. The van der Waals surface area contributed by atoms with E-state index in [1.807, 2.05) is 43.7 Å². The highest BCUT2D eigenvalue weighted by Crippen LogP contribution is 2.30. The molecule has 0 saturated heterocycles. The molecule has 1 heterocycles. The first-order chi connectivity index (χ1) is 16.7. The maximum Gasteiger partial charge on any atom is 0.237 e. The molecule has 2 amide bonds. The molecule has 3 rings (SSSR count). The van der Waals surface area contributed by atoms with Crippen molar-refractivity contribution >= 4 is 35.0 Å². The number of anilines is 2. The van der Waals surface area contributed by atoms with Crippen LogP contribution in [0.2, 0.25) is 0 Å². The lowest BCUT2D eigenvalue weighted by Crippen LogP contribution is -2.23. The zero-order valence-electron chi connectivity index (χ0n) is 20.8. The van der Waals surface area contributed by atoms with Crippen molar-refractivity contribution in [2.45, 2.75) is 44.0 Å². The van der Waals surface area contributed by atoms with E-state index in [9.17, 15) is 9.59 Å². The third-order valence-electron chi connectivity index (χ3n) is 5.61. The molecule has 0 fully saturated rings. The van der Waals surface area contributed by atoms with Crippen LogP contribution in [0.3, 0.4) is 0 Å². The van der Waals surface area contributed by atoms with Crippen LogP contribution in [0.5, 0.6) is 11.5 Å². The highest BCUT2D eigenvalue weighted by molar-refractivity contribution is 8.00. The van der Waals surface area contributed by atoms with Crippen molar-refractivity contribution in [3.05, 3.63) is 53.3 Å². The van der Waals surface area contributed by atoms with Crippen LogP contribution in [0.1, 0.15) is 30.3 Å². The summed E-state index contributed by atoms with van der Waals surface area (Å²) in [7, 11) is 4.93. The summed E-state index contributed by atoms with van der Waals surface area (Å²) in [4.78, 5) is 25.2. The number of carbonyl (C=O) groups excluding carboxylic acids is 2. The molecule has 0 spiro atoms. The summed E-state index contributed by atoms with van der Waals surface area (Å²) >= 11 is 1.29. The lowest BCUT2D eigenvalue weighted by Gasteiger charge is -2.14. The number of ether oxygens (including phenoxy) is 2. The highest BCUT2D eigenvalue weighted by Gasteiger charge is 2.20. The van der Waals surface area contributed by atoms with Gasteiger partial charge >= 0.3 is 0 Å². The quantitative estimate of drug-likeness (QED) is 0.405. The average molecular weight is 498 g/mol. The molecule has 0 bridgehead atoms. The van der Waals surface area contributed by atoms with Crippen molar-refractivity contribution < 1.29 is 19.1 Å². The molecule has 3 aromatic rings. The maximum atomic E-state index is 12.8. The van der Waals surface area contributed by atoms with Gasteiger partial charge in [0.15, 0.2) is 5.16 Å². The summed E-state index contributed by atoms with van der Waals surface area (Å²) in [5, 5.41) is 14.4. The Labute approximate surface area is 209 Å². The Balaban J connectivity index is 1.55. The monoisotopic (exact) mass is 497 g/mol. The van der Waals surface area contributed by atoms with Gasteiger partial charge in [0.2, 0.25) is 11.8 Å². The maximum absolute atomic E-state index is 12.8. The lowest BCUT2D eigenvalue weighted by molar-refractivity contribution is -0.116. The first kappa shape index (κ1) is 26.1. The van der Waals surface area contributed by atoms with Crippen LogP contribution in [-0.2, 0) is 23.1 Å². The third kappa shape index (κ3) is 6.75. The number of benzene rings is 2. The smallest absolute Gasteiger partial charge is 0.237 e. The van der Waals surface area contributed by atoms with Crippen molar-refractivity contribution in [1.82, 2.24) is 14.8 Å². The van der Waals surface area contributed by atoms with Gasteiger partial charge in [-0.2, -0.15) is 0 Å². The van der Waals surface area contributed by atoms with Crippen molar-refractivity contribution in [3.8, 4) is 11.5 Å². The number of aromatic nitrogens is 3. The number of nitrogens with zero attached hydrogens (tertiary/aromatic N) is 3. The van der Waals surface area contributed by atoms with Crippen molar-refractivity contribution in [2.24, 2.45) is 7.05 Å². The van der Waals surface area contributed by atoms with Gasteiger partial charge in [-0.05, 0) is 56.2 Å². The summed E-state index contributed by atoms with van der Waals surface area (Å²) in [6, 6.07) is 11.0. The summed E-state index contributed by atoms with van der Waals surface area (Å²) < 4.78 is 12.3. The van der Waals surface area contributed by atoms with Gasteiger partial charge in [-0.15, -0.1) is 10.2 Å². The number of thioether (sulfide) groups is 1. The van der Waals surface area contributed by atoms with E-state index in [4.69, 9.17) is 9.47 Å². The summed E-state index contributed by atoms with van der Waals surface area (Å²) in [5.74, 6) is 1.53. The van der Waals surface area contributed by atoms with Gasteiger partial charge in [0.05, 0.1) is 25.2 Å². The molecule has 0 aliphatic heterocycles. The van der Waals surface area contributed by atoms with Gasteiger partial charge < -0.3 is 24.7 Å². The van der Waals surface area contributed by atoms with Gasteiger partial charge in [0.1, 0.15) is 17.3 Å². The van der Waals surface area contributed by atoms with Gasteiger partial charge in [-0.1, -0.05) is 17.8 Å². The molecule has 0 radical (unpaired) electrons. The van der Waals surface area contributed by atoms with Crippen molar-refractivity contribution in [3.63, 3.8) is 0 Å². The predicted molar refractivity (Wildman–Crippen MR) is 137 cm³/mol. The second-order valence-electron chi connectivity index (χ2n) is 8.12. The minimum absolute atomic E-state index is 0.0911. The topological polar surface area (TPSA) is 107 Å². The largest absolute Gasteiger partial charge is 0.497 e. The Morgan fingerprint density at radius 2 is 1.80 bits per heavy atom. The first-order valence-corrected chi connectivity index (χ1v) is 12.0. The fraction of sp³-hybridized carbons (Fsp3) is 0.360. The van der Waals surface area contributed by atoms with Crippen LogP contribution >= 0.6 is 11.8 Å². The standard InChI is InChI=1S/C25H31N5O4S/c1-15-7-8-18(13-16(15)2)26-23(31)12-11-22-28-29-25(30(22)4)35-17(3)24(32)27-20-10-9-19(33-5)14-21(20)34-6/h7-10,13-14,17H,11-12H2,1-6H3,(H,26,31)(H,27,32). The number of hydrogen-bond donors (Lipinski definition) is 2. The Kier molecular flexibility index (Phi) is 8.75. The number of aryl methyl sites for hydroxylation is 3. The van der Waals surface area contributed by atoms with Crippen LogP contribution in [0, 0.1) is 13.8 Å². The van der Waals surface area contributed by atoms with E-state index in [1.165, 1.54) is 24.4 Å².